The van der Waals surface area contributed by atoms with Gasteiger partial charge >= 0.3 is 0 Å². The van der Waals surface area contributed by atoms with Gasteiger partial charge in [-0.2, -0.15) is 0 Å². The van der Waals surface area contributed by atoms with Crippen LogP contribution in [-0.4, -0.2) is 34.3 Å². The van der Waals surface area contributed by atoms with Gasteiger partial charge in [0, 0.05) is 22.0 Å². The lowest BCUT2D eigenvalue weighted by Gasteiger charge is -2.24. The molecule has 2 N–H and O–H groups in total. The van der Waals surface area contributed by atoms with Crippen molar-refractivity contribution in [1.29, 1.82) is 0 Å². The lowest BCUT2D eigenvalue weighted by atomic mass is 10.2. The van der Waals surface area contributed by atoms with Crippen molar-refractivity contribution in [2.75, 3.05) is 23.4 Å². The minimum absolute atomic E-state index is 0.176. The summed E-state index contributed by atoms with van der Waals surface area (Å²) >= 11 is 5.23. The number of aliphatic hydroxyl groups is 1. The molecular formula is C14H17BrN4OS. The summed E-state index contributed by atoms with van der Waals surface area (Å²) in [5.41, 5.74) is 0. The molecule has 0 aromatic carbocycles. The highest BCUT2D eigenvalue weighted by atomic mass is 79.9. The molecule has 1 unspecified atom stereocenters. The summed E-state index contributed by atoms with van der Waals surface area (Å²) in [7, 11) is 0. The van der Waals surface area contributed by atoms with E-state index in [2.05, 4.69) is 41.5 Å². The number of aliphatic hydroxyl groups excluding tert-OH is 1. The Morgan fingerprint density at radius 1 is 1.48 bits per heavy atom. The fourth-order valence-corrected chi connectivity index (χ4v) is 3.98. The SMILES string of the molecule is OCC1CCCN1c1cc(NCc2sccc2Br)ncn1. The molecule has 0 aliphatic carbocycles. The van der Waals surface area contributed by atoms with E-state index in [1.54, 1.807) is 17.7 Å². The summed E-state index contributed by atoms with van der Waals surface area (Å²) < 4.78 is 1.12. The zero-order valence-electron chi connectivity index (χ0n) is 11.5. The van der Waals surface area contributed by atoms with E-state index in [0.717, 1.165) is 42.0 Å². The van der Waals surface area contributed by atoms with Crippen LogP contribution in [-0.2, 0) is 6.54 Å². The van der Waals surface area contributed by atoms with E-state index >= 15 is 0 Å². The molecule has 0 saturated carbocycles. The Labute approximate surface area is 136 Å². The molecule has 1 saturated heterocycles. The van der Waals surface area contributed by atoms with Gasteiger partial charge in [0.05, 0.1) is 19.2 Å². The van der Waals surface area contributed by atoms with Crippen molar-refractivity contribution < 1.29 is 5.11 Å². The smallest absolute Gasteiger partial charge is 0.134 e. The van der Waals surface area contributed by atoms with E-state index < -0.39 is 0 Å². The normalized spacial score (nSPS) is 18.2. The van der Waals surface area contributed by atoms with E-state index in [1.165, 1.54) is 4.88 Å². The van der Waals surface area contributed by atoms with Crippen LogP contribution in [0.3, 0.4) is 0 Å². The highest BCUT2D eigenvalue weighted by Gasteiger charge is 2.25. The third-order valence-corrected chi connectivity index (χ3v) is 5.58. The van der Waals surface area contributed by atoms with Crippen LogP contribution >= 0.6 is 27.3 Å². The van der Waals surface area contributed by atoms with Crippen molar-refractivity contribution >= 4 is 38.9 Å². The van der Waals surface area contributed by atoms with Gasteiger partial charge in [0.1, 0.15) is 18.0 Å². The van der Waals surface area contributed by atoms with Crippen molar-refractivity contribution in [3.8, 4) is 0 Å². The van der Waals surface area contributed by atoms with E-state index in [9.17, 15) is 5.11 Å². The number of nitrogens with zero attached hydrogens (tertiary/aromatic N) is 3. The maximum absolute atomic E-state index is 9.42. The predicted octanol–water partition coefficient (Wildman–Crippen LogP) is 2.87. The van der Waals surface area contributed by atoms with Gasteiger partial charge in [-0.3, -0.25) is 0 Å². The van der Waals surface area contributed by atoms with Crippen molar-refractivity contribution in [2.24, 2.45) is 0 Å². The van der Waals surface area contributed by atoms with Gasteiger partial charge in [-0.25, -0.2) is 9.97 Å². The third kappa shape index (κ3) is 3.36. The number of aromatic nitrogens is 2. The second-order valence-corrected chi connectivity index (χ2v) is 6.83. The first-order valence-corrected chi connectivity index (χ1v) is 8.60. The fraction of sp³-hybridized carbons (Fsp3) is 0.429. The molecule has 2 aromatic rings. The second-order valence-electron chi connectivity index (χ2n) is 4.98. The number of anilines is 2. The summed E-state index contributed by atoms with van der Waals surface area (Å²) in [5, 5.41) is 14.8. The van der Waals surface area contributed by atoms with Crippen molar-refractivity contribution in [2.45, 2.75) is 25.4 Å². The van der Waals surface area contributed by atoms with E-state index in [0.29, 0.717) is 0 Å². The third-order valence-electron chi connectivity index (χ3n) is 3.66. The lowest BCUT2D eigenvalue weighted by molar-refractivity contribution is 0.266. The number of halogens is 1. The van der Waals surface area contributed by atoms with E-state index in [1.807, 2.05) is 12.1 Å². The van der Waals surface area contributed by atoms with Gasteiger partial charge in [0.2, 0.25) is 0 Å². The van der Waals surface area contributed by atoms with Gasteiger partial charge in [0.15, 0.2) is 0 Å². The Morgan fingerprint density at radius 2 is 2.38 bits per heavy atom. The van der Waals surface area contributed by atoms with Gasteiger partial charge in [-0.15, -0.1) is 11.3 Å². The molecule has 0 radical (unpaired) electrons. The van der Waals surface area contributed by atoms with Crippen LogP contribution in [0.1, 0.15) is 17.7 Å². The molecule has 3 heterocycles. The molecule has 3 rings (SSSR count). The Kier molecular flexibility index (Phi) is 4.72. The summed E-state index contributed by atoms with van der Waals surface area (Å²) in [6, 6.07) is 4.18. The summed E-state index contributed by atoms with van der Waals surface area (Å²) in [4.78, 5) is 12.0. The summed E-state index contributed by atoms with van der Waals surface area (Å²) in [5.74, 6) is 1.69. The monoisotopic (exact) mass is 368 g/mol. The van der Waals surface area contributed by atoms with Crippen LogP contribution in [0.2, 0.25) is 0 Å². The molecule has 0 spiro atoms. The topological polar surface area (TPSA) is 61.3 Å². The molecule has 112 valence electrons. The van der Waals surface area contributed by atoms with Crippen molar-refractivity contribution in [1.82, 2.24) is 9.97 Å². The molecule has 2 aromatic heterocycles. The number of hydrogen-bond acceptors (Lipinski definition) is 6. The van der Waals surface area contributed by atoms with Crippen molar-refractivity contribution in [3.63, 3.8) is 0 Å². The van der Waals surface area contributed by atoms with Gasteiger partial charge < -0.3 is 15.3 Å². The van der Waals surface area contributed by atoms with E-state index in [-0.39, 0.29) is 12.6 Å². The molecule has 0 bridgehead atoms. The number of hydrogen-bond donors (Lipinski definition) is 2. The molecule has 5 nitrogen and oxygen atoms in total. The van der Waals surface area contributed by atoms with Gasteiger partial charge in [0.25, 0.3) is 0 Å². The Morgan fingerprint density at radius 3 is 3.14 bits per heavy atom. The zero-order chi connectivity index (χ0) is 14.7. The summed E-state index contributed by atoms with van der Waals surface area (Å²) in [6.45, 7) is 1.85. The van der Waals surface area contributed by atoms with Crippen LogP contribution in [0, 0.1) is 0 Å². The Bertz CT molecular complexity index is 606. The molecule has 1 fully saturated rings. The maximum Gasteiger partial charge on any atom is 0.134 e. The summed E-state index contributed by atoms with van der Waals surface area (Å²) in [6.07, 6.45) is 3.69. The zero-order valence-corrected chi connectivity index (χ0v) is 13.9. The standard InChI is InChI=1S/C14H17BrN4OS/c15-11-3-5-21-12(11)7-16-13-6-14(18-9-17-13)19-4-1-2-10(19)8-20/h3,5-6,9-10,20H,1-2,4,7-8H2,(H,16,17,18). The highest BCUT2D eigenvalue weighted by molar-refractivity contribution is 9.10. The first kappa shape index (κ1) is 14.7. The molecule has 1 aliphatic heterocycles. The first-order chi connectivity index (χ1) is 10.3. The number of nitrogens with one attached hydrogen (secondary N) is 1. The fourth-order valence-electron chi connectivity index (χ4n) is 2.55. The minimum atomic E-state index is 0.176. The van der Waals surface area contributed by atoms with Crippen LogP contribution in [0.4, 0.5) is 11.6 Å². The Hall–Kier alpha value is -1.18. The average Bonchev–Trinajstić information content (AvgIpc) is 3.14. The van der Waals surface area contributed by atoms with Crippen LogP contribution in [0.5, 0.6) is 0 Å². The van der Waals surface area contributed by atoms with Crippen molar-refractivity contribution in [3.05, 3.63) is 33.2 Å². The predicted molar refractivity (Wildman–Crippen MR) is 88.8 cm³/mol. The second kappa shape index (κ2) is 6.72. The molecule has 0 amide bonds. The number of rotatable bonds is 5. The molecule has 7 heteroatoms. The molecular weight excluding hydrogens is 352 g/mol. The Balaban J connectivity index is 1.70. The van der Waals surface area contributed by atoms with Gasteiger partial charge in [-0.1, -0.05) is 0 Å². The molecule has 1 aliphatic rings. The van der Waals surface area contributed by atoms with Crippen LogP contribution < -0.4 is 10.2 Å². The largest absolute Gasteiger partial charge is 0.394 e. The maximum atomic E-state index is 9.42. The average molecular weight is 369 g/mol. The van der Waals surface area contributed by atoms with Gasteiger partial charge in [-0.05, 0) is 40.2 Å². The first-order valence-electron chi connectivity index (χ1n) is 6.93. The lowest BCUT2D eigenvalue weighted by Crippen LogP contribution is -2.32. The molecule has 1 atom stereocenters. The highest BCUT2D eigenvalue weighted by Crippen LogP contribution is 2.26. The quantitative estimate of drug-likeness (QED) is 0.849. The minimum Gasteiger partial charge on any atom is -0.394 e. The molecule has 21 heavy (non-hydrogen) atoms. The number of thiophene rings is 1. The van der Waals surface area contributed by atoms with E-state index in [4.69, 9.17) is 0 Å². The van der Waals surface area contributed by atoms with Crippen LogP contribution in [0.15, 0.2) is 28.3 Å². The van der Waals surface area contributed by atoms with Crippen LogP contribution in [0.25, 0.3) is 0 Å².